The van der Waals surface area contributed by atoms with E-state index >= 15 is 0 Å². The first-order valence-electron chi connectivity index (χ1n) is 4.62. The minimum atomic E-state index is 0.0610. The third kappa shape index (κ3) is 2.42. The number of hydrogen-bond donors (Lipinski definition) is 1. The van der Waals surface area contributed by atoms with Crippen LogP contribution in [0, 0.1) is 0 Å². The predicted molar refractivity (Wildman–Crippen MR) is 53.7 cm³/mol. The molecule has 3 nitrogen and oxygen atoms in total. The quantitative estimate of drug-likeness (QED) is 0.761. The fraction of sp³-hybridized carbons (Fsp3) is 0.500. The van der Waals surface area contributed by atoms with Gasteiger partial charge in [0, 0.05) is 19.3 Å². The minimum absolute atomic E-state index is 0.0610. The van der Waals surface area contributed by atoms with Crippen molar-refractivity contribution in [2.75, 3.05) is 18.0 Å². The average molecular weight is 180 g/mol. The Balaban J connectivity index is 2.78. The fourth-order valence-electron chi connectivity index (χ4n) is 1.24. The van der Waals surface area contributed by atoms with Gasteiger partial charge in [0.05, 0.1) is 6.61 Å². The SMILES string of the molecule is CCN(CC)c1ccc(CO)cn1. The Morgan fingerprint density at radius 3 is 2.38 bits per heavy atom. The first-order chi connectivity index (χ1) is 6.31. The number of aliphatic hydroxyl groups is 1. The number of aromatic nitrogens is 1. The van der Waals surface area contributed by atoms with Crippen LogP contribution in [0.25, 0.3) is 0 Å². The highest BCUT2D eigenvalue weighted by molar-refractivity contribution is 5.38. The summed E-state index contributed by atoms with van der Waals surface area (Å²) in [4.78, 5) is 6.43. The molecule has 72 valence electrons. The van der Waals surface area contributed by atoms with E-state index < -0.39 is 0 Å². The molecule has 0 unspecified atom stereocenters. The van der Waals surface area contributed by atoms with Crippen molar-refractivity contribution in [1.82, 2.24) is 4.98 Å². The maximum atomic E-state index is 8.83. The molecule has 0 bridgehead atoms. The molecule has 0 fully saturated rings. The van der Waals surface area contributed by atoms with Gasteiger partial charge in [-0.1, -0.05) is 6.07 Å². The van der Waals surface area contributed by atoms with E-state index in [1.165, 1.54) is 0 Å². The van der Waals surface area contributed by atoms with E-state index in [4.69, 9.17) is 5.11 Å². The van der Waals surface area contributed by atoms with E-state index in [9.17, 15) is 0 Å². The van der Waals surface area contributed by atoms with Gasteiger partial charge in [0.2, 0.25) is 0 Å². The van der Waals surface area contributed by atoms with E-state index in [0.29, 0.717) is 0 Å². The van der Waals surface area contributed by atoms with Gasteiger partial charge in [0.1, 0.15) is 5.82 Å². The Hall–Kier alpha value is -1.09. The van der Waals surface area contributed by atoms with Crippen molar-refractivity contribution in [2.24, 2.45) is 0 Å². The number of pyridine rings is 1. The standard InChI is InChI=1S/C10H16N2O/c1-3-12(4-2)10-6-5-9(8-13)7-11-10/h5-7,13H,3-4,8H2,1-2H3. The molecule has 0 saturated heterocycles. The van der Waals surface area contributed by atoms with Gasteiger partial charge >= 0.3 is 0 Å². The summed E-state index contributed by atoms with van der Waals surface area (Å²) < 4.78 is 0. The minimum Gasteiger partial charge on any atom is -0.392 e. The second-order valence-electron chi connectivity index (χ2n) is 2.86. The Kier molecular flexibility index (Phi) is 3.71. The molecule has 0 aliphatic heterocycles. The lowest BCUT2D eigenvalue weighted by atomic mass is 10.3. The first-order valence-corrected chi connectivity index (χ1v) is 4.62. The van der Waals surface area contributed by atoms with Crippen LogP contribution < -0.4 is 4.90 Å². The van der Waals surface area contributed by atoms with Crippen molar-refractivity contribution >= 4 is 5.82 Å². The molecule has 1 N–H and O–H groups in total. The molecule has 1 heterocycles. The van der Waals surface area contributed by atoms with Crippen LogP contribution in [-0.4, -0.2) is 23.2 Å². The van der Waals surface area contributed by atoms with Gasteiger partial charge in [-0.3, -0.25) is 0 Å². The third-order valence-corrected chi connectivity index (χ3v) is 2.08. The molecule has 1 aromatic heterocycles. The summed E-state index contributed by atoms with van der Waals surface area (Å²) in [6.07, 6.45) is 1.72. The molecule has 1 aromatic rings. The summed E-state index contributed by atoms with van der Waals surface area (Å²) in [6.45, 7) is 6.19. The zero-order chi connectivity index (χ0) is 9.68. The van der Waals surface area contributed by atoms with E-state index in [2.05, 4.69) is 23.7 Å². The lowest BCUT2D eigenvalue weighted by Gasteiger charge is -2.19. The van der Waals surface area contributed by atoms with Gasteiger partial charge in [0.25, 0.3) is 0 Å². The predicted octanol–water partition coefficient (Wildman–Crippen LogP) is 1.42. The number of anilines is 1. The fourth-order valence-corrected chi connectivity index (χ4v) is 1.24. The molecule has 3 heteroatoms. The van der Waals surface area contributed by atoms with Crippen LogP contribution in [0.1, 0.15) is 19.4 Å². The second-order valence-corrected chi connectivity index (χ2v) is 2.86. The van der Waals surface area contributed by atoms with Crippen molar-refractivity contribution in [1.29, 1.82) is 0 Å². The Morgan fingerprint density at radius 2 is 2.00 bits per heavy atom. The Labute approximate surface area is 79.0 Å². The van der Waals surface area contributed by atoms with Crippen molar-refractivity contribution in [3.63, 3.8) is 0 Å². The van der Waals surface area contributed by atoms with Crippen LogP contribution in [0.3, 0.4) is 0 Å². The van der Waals surface area contributed by atoms with Gasteiger partial charge in [-0.05, 0) is 25.5 Å². The Morgan fingerprint density at radius 1 is 1.31 bits per heavy atom. The largest absolute Gasteiger partial charge is 0.392 e. The van der Waals surface area contributed by atoms with Crippen molar-refractivity contribution in [2.45, 2.75) is 20.5 Å². The third-order valence-electron chi connectivity index (χ3n) is 2.08. The lowest BCUT2D eigenvalue weighted by Crippen LogP contribution is -2.22. The summed E-state index contributed by atoms with van der Waals surface area (Å²) in [5, 5.41) is 8.83. The summed E-state index contributed by atoms with van der Waals surface area (Å²) in [7, 11) is 0. The zero-order valence-electron chi connectivity index (χ0n) is 8.20. The van der Waals surface area contributed by atoms with Crippen LogP contribution >= 0.6 is 0 Å². The molecule has 0 radical (unpaired) electrons. The number of nitrogens with zero attached hydrogens (tertiary/aromatic N) is 2. The van der Waals surface area contributed by atoms with E-state index in [0.717, 1.165) is 24.5 Å². The highest BCUT2D eigenvalue weighted by Gasteiger charge is 2.01. The lowest BCUT2D eigenvalue weighted by molar-refractivity contribution is 0.281. The molecule has 0 spiro atoms. The highest BCUT2D eigenvalue weighted by atomic mass is 16.3. The van der Waals surface area contributed by atoms with E-state index in [-0.39, 0.29) is 6.61 Å². The molecule has 0 aliphatic carbocycles. The van der Waals surface area contributed by atoms with Crippen LogP contribution in [0.4, 0.5) is 5.82 Å². The molecule has 0 aliphatic rings. The summed E-state index contributed by atoms with van der Waals surface area (Å²) in [5.74, 6) is 0.974. The summed E-state index contributed by atoms with van der Waals surface area (Å²) in [5.41, 5.74) is 0.857. The molecule has 0 atom stereocenters. The molecule has 0 aromatic carbocycles. The number of hydrogen-bond acceptors (Lipinski definition) is 3. The van der Waals surface area contributed by atoms with Gasteiger partial charge in [-0.15, -0.1) is 0 Å². The summed E-state index contributed by atoms with van der Waals surface area (Å²) in [6, 6.07) is 3.85. The number of aliphatic hydroxyl groups excluding tert-OH is 1. The van der Waals surface area contributed by atoms with Gasteiger partial charge in [-0.25, -0.2) is 4.98 Å². The van der Waals surface area contributed by atoms with E-state index in [1.807, 2.05) is 12.1 Å². The van der Waals surface area contributed by atoms with Crippen molar-refractivity contribution < 1.29 is 5.11 Å². The molecular weight excluding hydrogens is 164 g/mol. The molecule has 13 heavy (non-hydrogen) atoms. The summed E-state index contributed by atoms with van der Waals surface area (Å²) >= 11 is 0. The van der Waals surface area contributed by atoms with Gasteiger partial charge < -0.3 is 10.0 Å². The molecular formula is C10H16N2O. The van der Waals surface area contributed by atoms with Crippen LogP contribution in [-0.2, 0) is 6.61 Å². The van der Waals surface area contributed by atoms with Crippen molar-refractivity contribution in [3.05, 3.63) is 23.9 Å². The second kappa shape index (κ2) is 4.82. The van der Waals surface area contributed by atoms with Crippen LogP contribution in [0.5, 0.6) is 0 Å². The average Bonchev–Trinajstić information content (AvgIpc) is 2.21. The molecule has 0 amide bonds. The van der Waals surface area contributed by atoms with E-state index in [1.54, 1.807) is 6.20 Å². The first kappa shape index (κ1) is 9.99. The van der Waals surface area contributed by atoms with Gasteiger partial charge in [0.15, 0.2) is 0 Å². The molecule has 1 rings (SSSR count). The maximum absolute atomic E-state index is 8.83. The van der Waals surface area contributed by atoms with Gasteiger partial charge in [-0.2, -0.15) is 0 Å². The zero-order valence-corrected chi connectivity index (χ0v) is 8.20. The maximum Gasteiger partial charge on any atom is 0.128 e. The number of rotatable bonds is 4. The smallest absolute Gasteiger partial charge is 0.128 e. The highest BCUT2D eigenvalue weighted by Crippen LogP contribution is 2.10. The van der Waals surface area contributed by atoms with Crippen molar-refractivity contribution in [3.8, 4) is 0 Å². The van der Waals surface area contributed by atoms with Crippen LogP contribution in [0.2, 0.25) is 0 Å². The Bertz CT molecular complexity index is 242. The monoisotopic (exact) mass is 180 g/mol. The van der Waals surface area contributed by atoms with Crippen LogP contribution in [0.15, 0.2) is 18.3 Å². The molecule has 0 saturated carbocycles. The normalized spacial score (nSPS) is 10.1. The topological polar surface area (TPSA) is 36.4 Å².